The molecule has 1 saturated heterocycles. The smallest absolute Gasteiger partial charge is 0.123 e. The normalized spacial score (nSPS) is 24.1. The lowest BCUT2D eigenvalue weighted by molar-refractivity contribution is 0.106. The average molecular weight is 261 g/mol. The SMILES string of the molecule is CO[C@@H]1CC(c2ncc[nH]2)N(Cc2nccn2C)C1. The van der Waals surface area contributed by atoms with Crippen LogP contribution in [-0.2, 0) is 18.3 Å². The molecule has 2 aromatic heterocycles. The van der Waals surface area contributed by atoms with E-state index in [1.807, 2.05) is 25.6 Å². The molecule has 6 nitrogen and oxygen atoms in total. The minimum atomic E-state index is 0.260. The maximum Gasteiger partial charge on any atom is 0.123 e. The summed E-state index contributed by atoms with van der Waals surface area (Å²) in [6, 6.07) is 0.275. The molecule has 1 aliphatic rings. The number of aromatic amines is 1. The average Bonchev–Trinajstić information content (AvgIpc) is 3.11. The quantitative estimate of drug-likeness (QED) is 0.895. The molecule has 19 heavy (non-hydrogen) atoms. The summed E-state index contributed by atoms with van der Waals surface area (Å²) in [6.07, 6.45) is 8.70. The number of rotatable bonds is 4. The molecule has 0 saturated carbocycles. The van der Waals surface area contributed by atoms with Crippen molar-refractivity contribution in [3.63, 3.8) is 0 Å². The number of aromatic nitrogens is 4. The third kappa shape index (κ3) is 2.41. The molecule has 1 N–H and O–H groups in total. The second-order valence-corrected chi connectivity index (χ2v) is 4.97. The fourth-order valence-corrected chi connectivity index (χ4v) is 2.68. The Labute approximate surface area is 112 Å². The van der Waals surface area contributed by atoms with Gasteiger partial charge in [0.25, 0.3) is 0 Å². The molecular weight excluding hydrogens is 242 g/mol. The predicted molar refractivity (Wildman–Crippen MR) is 70.4 cm³/mol. The second-order valence-electron chi connectivity index (χ2n) is 4.97. The zero-order valence-corrected chi connectivity index (χ0v) is 11.3. The molecule has 6 heteroatoms. The Morgan fingerprint density at radius 1 is 1.42 bits per heavy atom. The van der Waals surface area contributed by atoms with Gasteiger partial charge in [0.05, 0.1) is 18.7 Å². The minimum Gasteiger partial charge on any atom is -0.380 e. The lowest BCUT2D eigenvalue weighted by Crippen LogP contribution is -2.26. The van der Waals surface area contributed by atoms with Gasteiger partial charge in [-0.05, 0) is 6.42 Å². The standard InChI is InChI=1S/C13H19N5O/c1-17-6-5-14-12(17)9-18-8-10(19-2)7-11(18)13-15-3-4-16-13/h3-6,10-11H,7-9H2,1-2H3,(H,15,16)/t10-,11?/m1/s1. The van der Waals surface area contributed by atoms with Crippen molar-refractivity contribution in [2.24, 2.45) is 7.05 Å². The van der Waals surface area contributed by atoms with E-state index in [9.17, 15) is 0 Å². The van der Waals surface area contributed by atoms with E-state index in [0.717, 1.165) is 31.2 Å². The first-order valence-corrected chi connectivity index (χ1v) is 6.50. The van der Waals surface area contributed by atoms with Crippen molar-refractivity contribution in [2.75, 3.05) is 13.7 Å². The van der Waals surface area contributed by atoms with Crippen LogP contribution < -0.4 is 0 Å². The van der Waals surface area contributed by atoms with Gasteiger partial charge < -0.3 is 14.3 Å². The van der Waals surface area contributed by atoms with Crippen LogP contribution >= 0.6 is 0 Å². The van der Waals surface area contributed by atoms with Crippen molar-refractivity contribution in [1.82, 2.24) is 24.4 Å². The predicted octanol–water partition coefficient (Wildman–Crippen LogP) is 1.11. The number of ether oxygens (including phenoxy) is 1. The molecule has 1 unspecified atom stereocenters. The highest BCUT2D eigenvalue weighted by Crippen LogP contribution is 2.32. The number of H-pyrrole nitrogens is 1. The van der Waals surface area contributed by atoms with Crippen molar-refractivity contribution < 1.29 is 4.74 Å². The van der Waals surface area contributed by atoms with Gasteiger partial charge in [-0.2, -0.15) is 0 Å². The van der Waals surface area contributed by atoms with Gasteiger partial charge in [0.15, 0.2) is 0 Å². The highest BCUT2D eigenvalue weighted by atomic mass is 16.5. The molecule has 2 atom stereocenters. The molecule has 1 fully saturated rings. The van der Waals surface area contributed by atoms with Crippen molar-refractivity contribution in [2.45, 2.75) is 25.1 Å². The minimum absolute atomic E-state index is 0.260. The van der Waals surface area contributed by atoms with Gasteiger partial charge in [0.2, 0.25) is 0 Å². The van der Waals surface area contributed by atoms with Crippen LogP contribution in [0.15, 0.2) is 24.8 Å². The zero-order valence-electron chi connectivity index (χ0n) is 11.3. The Morgan fingerprint density at radius 3 is 2.95 bits per heavy atom. The van der Waals surface area contributed by atoms with Gasteiger partial charge >= 0.3 is 0 Å². The van der Waals surface area contributed by atoms with Crippen LogP contribution in [0.4, 0.5) is 0 Å². The number of likely N-dealkylation sites (tertiary alicyclic amines) is 1. The highest BCUT2D eigenvalue weighted by molar-refractivity contribution is 5.03. The summed E-state index contributed by atoms with van der Waals surface area (Å²) in [5.41, 5.74) is 0. The monoisotopic (exact) mass is 261 g/mol. The summed E-state index contributed by atoms with van der Waals surface area (Å²) in [7, 11) is 3.79. The third-order valence-corrected chi connectivity index (χ3v) is 3.80. The number of methoxy groups -OCH3 is 1. The molecule has 102 valence electrons. The third-order valence-electron chi connectivity index (χ3n) is 3.80. The molecule has 2 aromatic rings. The highest BCUT2D eigenvalue weighted by Gasteiger charge is 2.35. The number of nitrogens with zero attached hydrogens (tertiary/aromatic N) is 4. The van der Waals surface area contributed by atoms with Crippen LogP contribution in [0.25, 0.3) is 0 Å². The van der Waals surface area contributed by atoms with Gasteiger partial charge in [-0.15, -0.1) is 0 Å². The Kier molecular flexibility index (Phi) is 3.35. The van der Waals surface area contributed by atoms with Crippen LogP contribution in [0.1, 0.15) is 24.1 Å². The summed E-state index contributed by atoms with van der Waals surface area (Å²) in [5, 5.41) is 0. The molecule has 0 aliphatic carbocycles. The van der Waals surface area contributed by atoms with Gasteiger partial charge in [-0.1, -0.05) is 0 Å². The van der Waals surface area contributed by atoms with Gasteiger partial charge in [0.1, 0.15) is 11.6 Å². The molecule has 0 aromatic carbocycles. The molecule has 3 rings (SSSR count). The number of hydrogen-bond donors (Lipinski definition) is 1. The van der Waals surface area contributed by atoms with E-state index in [1.165, 1.54) is 0 Å². The van der Waals surface area contributed by atoms with E-state index in [1.54, 1.807) is 13.3 Å². The van der Waals surface area contributed by atoms with Gasteiger partial charge in [-0.3, -0.25) is 4.90 Å². The molecule has 0 bridgehead atoms. The summed E-state index contributed by atoms with van der Waals surface area (Å²) in [6.45, 7) is 1.73. The number of aryl methyl sites for hydroxylation is 1. The van der Waals surface area contributed by atoms with E-state index in [2.05, 4.69) is 24.4 Å². The summed E-state index contributed by atoms with van der Waals surface area (Å²) < 4.78 is 7.56. The maximum atomic E-state index is 5.51. The van der Waals surface area contributed by atoms with Crippen molar-refractivity contribution in [3.8, 4) is 0 Å². The Balaban J connectivity index is 1.79. The number of nitrogens with one attached hydrogen (secondary N) is 1. The first kappa shape index (κ1) is 12.4. The van der Waals surface area contributed by atoms with Crippen molar-refractivity contribution in [1.29, 1.82) is 0 Å². The Bertz CT molecular complexity index is 521. The second kappa shape index (κ2) is 5.14. The van der Waals surface area contributed by atoms with E-state index in [4.69, 9.17) is 4.74 Å². The van der Waals surface area contributed by atoms with E-state index >= 15 is 0 Å². The first-order chi connectivity index (χ1) is 9.28. The van der Waals surface area contributed by atoms with Gasteiger partial charge in [-0.25, -0.2) is 9.97 Å². The Hall–Kier alpha value is -1.66. The lowest BCUT2D eigenvalue weighted by Gasteiger charge is -2.22. The molecule has 0 radical (unpaired) electrons. The Morgan fingerprint density at radius 2 is 2.32 bits per heavy atom. The molecule has 3 heterocycles. The van der Waals surface area contributed by atoms with E-state index < -0.39 is 0 Å². The van der Waals surface area contributed by atoms with Crippen LogP contribution in [0, 0.1) is 0 Å². The topological polar surface area (TPSA) is 59.0 Å². The summed E-state index contributed by atoms with van der Waals surface area (Å²) >= 11 is 0. The number of imidazole rings is 2. The fraction of sp³-hybridized carbons (Fsp3) is 0.538. The van der Waals surface area contributed by atoms with Crippen LogP contribution in [-0.4, -0.2) is 44.2 Å². The van der Waals surface area contributed by atoms with E-state index in [0.29, 0.717) is 0 Å². The fourth-order valence-electron chi connectivity index (χ4n) is 2.68. The largest absolute Gasteiger partial charge is 0.380 e. The summed E-state index contributed by atoms with van der Waals surface area (Å²) in [4.78, 5) is 14.4. The number of hydrogen-bond acceptors (Lipinski definition) is 4. The molecule has 0 amide bonds. The van der Waals surface area contributed by atoms with Crippen molar-refractivity contribution >= 4 is 0 Å². The van der Waals surface area contributed by atoms with E-state index in [-0.39, 0.29) is 12.1 Å². The first-order valence-electron chi connectivity index (χ1n) is 6.50. The van der Waals surface area contributed by atoms with Crippen LogP contribution in [0.3, 0.4) is 0 Å². The van der Waals surface area contributed by atoms with Crippen LogP contribution in [0.2, 0.25) is 0 Å². The summed E-state index contributed by atoms with van der Waals surface area (Å²) in [5.74, 6) is 2.07. The van der Waals surface area contributed by atoms with Gasteiger partial charge in [0, 0.05) is 45.5 Å². The zero-order chi connectivity index (χ0) is 13.2. The lowest BCUT2D eigenvalue weighted by atomic mass is 10.2. The van der Waals surface area contributed by atoms with Crippen LogP contribution in [0.5, 0.6) is 0 Å². The molecular formula is C13H19N5O. The molecule has 0 spiro atoms. The molecule has 1 aliphatic heterocycles. The van der Waals surface area contributed by atoms with Crippen molar-refractivity contribution in [3.05, 3.63) is 36.4 Å². The maximum absolute atomic E-state index is 5.51.